The van der Waals surface area contributed by atoms with Gasteiger partial charge < -0.3 is 5.32 Å². The molecule has 0 heterocycles. The van der Waals surface area contributed by atoms with Crippen molar-refractivity contribution in [2.45, 2.75) is 20.0 Å². The summed E-state index contributed by atoms with van der Waals surface area (Å²) < 4.78 is 36.5. The zero-order valence-corrected chi connectivity index (χ0v) is 8.28. The minimum atomic E-state index is -4.33. The molecular formula is C10H14F3N. The van der Waals surface area contributed by atoms with Crippen molar-refractivity contribution in [3.05, 3.63) is 36.1 Å². The van der Waals surface area contributed by atoms with Crippen LogP contribution in [0.25, 0.3) is 0 Å². The van der Waals surface area contributed by atoms with E-state index >= 15 is 0 Å². The number of rotatable bonds is 4. The molecule has 0 bridgehead atoms. The molecule has 14 heavy (non-hydrogen) atoms. The molecule has 4 heteroatoms. The Hall–Kier alpha value is -1.19. The number of hydrogen-bond donors (Lipinski definition) is 1. The molecule has 0 aliphatic carbocycles. The first-order valence-electron chi connectivity index (χ1n) is 4.24. The zero-order valence-electron chi connectivity index (χ0n) is 8.28. The summed E-state index contributed by atoms with van der Waals surface area (Å²) in [6, 6.07) is 0. The van der Waals surface area contributed by atoms with Gasteiger partial charge in [0.05, 0.1) is 5.57 Å². The molecule has 0 rings (SSSR count). The van der Waals surface area contributed by atoms with Crippen LogP contribution >= 0.6 is 0 Å². The average molecular weight is 205 g/mol. The van der Waals surface area contributed by atoms with E-state index in [1.165, 1.54) is 6.08 Å². The molecule has 0 saturated heterocycles. The van der Waals surface area contributed by atoms with Gasteiger partial charge in [0.25, 0.3) is 0 Å². The predicted octanol–water partition coefficient (Wildman–Crippen LogP) is 3.17. The van der Waals surface area contributed by atoms with Crippen LogP contribution in [-0.2, 0) is 0 Å². The molecule has 0 aliphatic heterocycles. The minimum absolute atomic E-state index is 0.686. The summed E-state index contributed by atoms with van der Waals surface area (Å²) in [6.07, 6.45) is -1.14. The van der Waals surface area contributed by atoms with E-state index in [0.717, 1.165) is 12.2 Å². The molecule has 0 saturated carbocycles. The second-order valence-corrected chi connectivity index (χ2v) is 2.70. The molecule has 0 radical (unpaired) electrons. The fraction of sp³-hybridized carbons (Fsp3) is 0.400. The Morgan fingerprint density at radius 3 is 2.29 bits per heavy atom. The van der Waals surface area contributed by atoms with Gasteiger partial charge in [-0.25, -0.2) is 0 Å². The van der Waals surface area contributed by atoms with Crippen molar-refractivity contribution < 1.29 is 13.2 Å². The van der Waals surface area contributed by atoms with E-state index in [0.29, 0.717) is 12.2 Å². The Morgan fingerprint density at radius 1 is 1.36 bits per heavy atom. The van der Waals surface area contributed by atoms with Gasteiger partial charge in [-0.15, -0.1) is 0 Å². The maximum absolute atomic E-state index is 12.2. The summed E-state index contributed by atoms with van der Waals surface area (Å²) >= 11 is 0. The van der Waals surface area contributed by atoms with Gasteiger partial charge >= 0.3 is 6.18 Å². The highest BCUT2D eigenvalue weighted by Crippen LogP contribution is 2.26. The molecule has 0 unspecified atom stereocenters. The molecule has 0 spiro atoms. The van der Waals surface area contributed by atoms with Crippen LogP contribution in [0.15, 0.2) is 36.1 Å². The van der Waals surface area contributed by atoms with Crippen LogP contribution in [0.2, 0.25) is 0 Å². The Bertz CT molecular complexity index is 249. The second kappa shape index (κ2) is 5.52. The Balaban J connectivity index is 4.62. The quantitative estimate of drug-likeness (QED) is 0.695. The van der Waals surface area contributed by atoms with Crippen molar-refractivity contribution in [3.63, 3.8) is 0 Å². The number of alkyl halides is 3. The average Bonchev–Trinajstić information content (AvgIpc) is 2.03. The van der Waals surface area contributed by atoms with Gasteiger partial charge in [-0.05, 0) is 26.0 Å². The Labute approximate surface area is 82.0 Å². The SMILES string of the molecule is C=C/C(=C\C=C(/C)NCC)C(F)(F)F. The smallest absolute Gasteiger partial charge is 0.389 e. The molecule has 0 fully saturated rings. The molecule has 0 aromatic heterocycles. The highest BCUT2D eigenvalue weighted by Gasteiger charge is 2.30. The lowest BCUT2D eigenvalue weighted by Crippen LogP contribution is -2.11. The van der Waals surface area contributed by atoms with E-state index in [-0.39, 0.29) is 0 Å². The fourth-order valence-corrected chi connectivity index (χ4v) is 0.831. The van der Waals surface area contributed by atoms with Crippen molar-refractivity contribution >= 4 is 0 Å². The minimum Gasteiger partial charge on any atom is -0.389 e. The van der Waals surface area contributed by atoms with Crippen molar-refractivity contribution in [2.24, 2.45) is 0 Å². The lowest BCUT2D eigenvalue weighted by Gasteiger charge is -2.06. The number of allylic oxidation sites excluding steroid dienone is 5. The number of nitrogens with one attached hydrogen (secondary N) is 1. The maximum atomic E-state index is 12.2. The van der Waals surface area contributed by atoms with E-state index in [4.69, 9.17) is 0 Å². The highest BCUT2D eigenvalue weighted by molar-refractivity contribution is 5.27. The standard InChI is InChI=1S/C10H14F3N/c1-4-9(10(11,12)13)7-6-8(3)14-5-2/h4,6-7,14H,1,5H2,2-3H3/b8-6+,9-7+. The van der Waals surface area contributed by atoms with Gasteiger partial charge in [-0.1, -0.05) is 12.7 Å². The van der Waals surface area contributed by atoms with E-state index in [2.05, 4.69) is 11.9 Å². The monoisotopic (exact) mass is 205 g/mol. The Morgan fingerprint density at radius 2 is 1.93 bits per heavy atom. The first-order valence-corrected chi connectivity index (χ1v) is 4.24. The molecule has 1 N–H and O–H groups in total. The van der Waals surface area contributed by atoms with Crippen LogP contribution in [0.5, 0.6) is 0 Å². The van der Waals surface area contributed by atoms with Crippen molar-refractivity contribution in [3.8, 4) is 0 Å². The highest BCUT2D eigenvalue weighted by atomic mass is 19.4. The van der Waals surface area contributed by atoms with Crippen LogP contribution in [0.3, 0.4) is 0 Å². The fourth-order valence-electron chi connectivity index (χ4n) is 0.831. The topological polar surface area (TPSA) is 12.0 Å². The van der Waals surface area contributed by atoms with Gasteiger partial charge in [0.2, 0.25) is 0 Å². The molecule has 0 aromatic carbocycles. The van der Waals surface area contributed by atoms with Crippen molar-refractivity contribution in [1.82, 2.24) is 5.32 Å². The third-order valence-corrected chi connectivity index (χ3v) is 1.52. The van der Waals surface area contributed by atoms with E-state index in [9.17, 15) is 13.2 Å². The summed E-state index contributed by atoms with van der Waals surface area (Å²) in [7, 11) is 0. The third kappa shape index (κ3) is 4.74. The first kappa shape index (κ1) is 12.8. The first-order chi connectivity index (χ1) is 6.41. The van der Waals surface area contributed by atoms with Crippen molar-refractivity contribution in [1.29, 1.82) is 0 Å². The van der Waals surface area contributed by atoms with Crippen molar-refractivity contribution in [2.75, 3.05) is 6.54 Å². The molecule has 80 valence electrons. The predicted molar refractivity (Wildman–Crippen MR) is 51.8 cm³/mol. The largest absolute Gasteiger partial charge is 0.416 e. The summed E-state index contributed by atoms with van der Waals surface area (Å²) in [5, 5.41) is 2.89. The van der Waals surface area contributed by atoms with Gasteiger partial charge in [-0.2, -0.15) is 13.2 Å². The van der Waals surface area contributed by atoms with Crippen LogP contribution in [-0.4, -0.2) is 12.7 Å². The Kier molecular flexibility index (Phi) is 5.05. The van der Waals surface area contributed by atoms with Gasteiger partial charge in [0, 0.05) is 12.2 Å². The van der Waals surface area contributed by atoms with E-state index in [1.807, 2.05) is 6.92 Å². The molecule has 1 nitrogen and oxygen atoms in total. The second-order valence-electron chi connectivity index (χ2n) is 2.70. The molecule has 0 amide bonds. The normalized spacial score (nSPS) is 14.1. The summed E-state index contributed by atoms with van der Waals surface area (Å²) in [5.74, 6) is 0. The summed E-state index contributed by atoms with van der Waals surface area (Å²) in [6.45, 7) is 7.38. The zero-order chi connectivity index (χ0) is 11.2. The van der Waals surface area contributed by atoms with E-state index in [1.54, 1.807) is 6.92 Å². The lowest BCUT2D eigenvalue weighted by atomic mass is 10.2. The lowest BCUT2D eigenvalue weighted by molar-refractivity contribution is -0.0881. The molecule has 0 atom stereocenters. The van der Waals surface area contributed by atoms with Gasteiger partial charge in [0.15, 0.2) is 0 Å². The number of halogens is 3. The van der Waals surface area contributed by atoms with Crippen LogP contribution in [0.1, 0.15) is 13.8 Å². The maximum Gasteiger partial charge on any atom is 0.416 e. The van der Waals surface area contributed by atoms with Crippen LogP contribution in [0, 0.1) is 0 Å². The molecule has 0 aromatic rings. The third-order valence-electron chi connectivity index (χ3n) is 1.52. The summed E-state index contributed by atoms with van der Waals surface area (Å²) in [4.78, 5) is 0. The van der Waals surface area contributed by atoms with Gasteiger partial charge in [-0.3, -0.25) is 0 Å². The van der Waals surface area contributed by atoms with E-state index < -0.39 is 11.7 Å². The van der Waals surface area contributed by atoms with Gasteiger partial charge in [0.1, 0.15) is 0 Å². The molecule has 0 aliphatic rings. The van der Waals surface area contributed by atoms with Crippen LogP contribution < -0.4 is 5.32 Å². The molecular weight excluding hydrogens is 191 g/mol. The number of hydrogen-bond acceptors (Lipinski definition) is 1. The summed E-state index contributed by atoms with van der Waals surface area (Å²) in [5.41, 5.74) is -0.0501. The van der Waals surface area contributed by atoms with Crippen LogP contribution in [0.4, 0.5) is 13.2 Å².